The number of aliphatic imine (C=N–C) groups is 1. The van der Waals surface area contributed by atoms with Gasteiger partial charge in [-0.25, -0.2) is 0 Å². The van der Waals surface area contributed by atoms with E-state index < -0.39 is 0 Å². The minimum absolute atomic E-state index is 0.199. The van der Waals surface area contributed by atoms with Gasteiger partial charge in [-0.05, 0) is 45.2 Å². The van der Waals surface area contributed by atoms with Crippen molar-refractivity contribution in [2.24, 2.45) is 10.7 Å². The van der Waals surface area contributed by atoms with Crippen molar-refractivity contribution in [2.45, 2.75) is 53.5 Å². The van der Waals surface area contributed by atoms with Crippen LogP contribution in [0.4, 0.5) is 0 Å². The molecule has 1 atom stereocenters. The first kappa shape index (κ1) is 20.0. The largest absolute Gasteiger partial charge is 0.325 e. The molecule has 0 aliphatic carbocycles. The lowest BCUT2D eigenvalue weighted by Gasteiger charge is -2.11. The molecule has 0 fully saturated rings. The van der Waals surface area contributed by atoms with Gasteiger partial charge in [0.1, 0.15) is 0 Å². The molecule has 1 unspecified atom stereocenters. The number of nitrogens with two attached hydrogens (primary N) is 1. The molecule has 1 aromatic rings. The zero-order valence-electron chi connectivity index (χ0n) is 15.6. The van der Waals surface area contributed by atoms with Crippen molar-refractivity contribution in [3.63, 3.8) is 0 Å². The Balaban J connectivity index is 3.15. The second-order valence-electron chi connectivity index (χ2n) is 6.07. The van der Waals surface area contributed by atoms with Crippen molar-refractivity contribution in [1.82, 2.24) is 4.98 Å². The Morgan fingerprint density at radius 2 is 2.08 bits per heavy atom. The van der Waals surface area contributed by atoms with Gasteiger partial charge in [0, 0.05) is 30.1 Å². The van der Waals surface area contributed by atoms with E-state index in [-0.39, 0.29) is 12.6 Å². The first-order valence-electron chi connectivity index (χ1n) is 8.56. The molecule has 1 aromatic heterocycles. The number of aryl methyl sites for hydroxylation is 1. The van der Waals surface area contributed by atoms with Gasteiger partial charge in [0.25, 0.3) is 0 Å². The van der Waals surface area contributed by atoms with Crippen LogP contribution in [0.15, 0.2) is 35.0 Å². The highest BCUT2D eigenvalue weighted by Crippen LogP contribution is 2.19. The molecule has 130 valence electrons. The third-order valence-corrected chi connectivity index (χ3v) is 3.86. The zero-order valence-corrected chi connectivity index (χ0v) is 15.6. The maximum absolute atomic E-state index is 7.90. The molecule has 0 saturated carbocycles. The number of hydrogen-bond donors (Lipinski definition) is 2. The number of nitrogens with zero attached hydrogens (tertiary/aromatic N) is 2. The fraction of sp³-hybridized carbons (Fsp3) is 0.450. The smallest absolute Gasteiger partial charge is 0.0719 e. The number of pyridine rings is 1. The highest BCUT2D eigenvalue weighted by molar-refractivity contribution is 6.10. The number of hydrogen-bond acceptors (Lipinski definition) is 4. The van der Waals surface area contributed by atoms with Crippen LogP contribution in [0.3, 0.4) is 0 Å². The zero-order chi connectivity index (χ0) is 18.1. The molecule has 4 heteroatoms. The SMILES string of the molecule is CC/C=C\C(CC)N=CC(=C(C)C)c1cc(C)c(C(=N)CN)cn1. The van der Waals surface area contributed by atoms with Crippen LogP contribution in [0, 0.1) is 12.3 Å². The van der Waals surface area contributed by atoms with Crippen LogP contribution in [0.25, 0.3) is 5.57 Å². The van der Waals surface area contributed by atoms with E-state index in [1.54, 1.807) is 6.20 Å². The lowest BCUT2D eigenvalue weighted by Crippen LogP contribution is -2.15. The Kier molecular flexibility index (Phi) is 8.27. The molecule has 0 amide bonds. The highest BCUT2D eigenvalue weighted by Gasteiger charge is 2.09. The molecule has 0 aliphatic rings. The molecule has 1 rings (SSSR count). The minimum atomic E-state index is 0.199. The van der Waals surface area contributed by atoms with Crippen LogP contribution >= 0.6 is 0 Å². The summed E-state index contributed by atoms with van der Waals surface area (Å²) >= 11 is 0. The average Bonchev–Trinajstić information content (AvgIpc) is 2.57. The molecular weight excluding hydrogens is 296 g/mol. The van der Waals surface area contributed by atoms with Gasteiger partial charge in [-0.3, -0.25) is 9.98 Å². The molecule has 4 nitrogen and oxygen atoms in total. The summed E-state index contributed by atoms with van der Waals surface area (Å²) in [7, 11) is 0. The van der Waals surface area contributed by atoms with Gasteiger partial charge >= 0.3 is 0 Å². The maximum Gasteiger partial charge on any atom is 0.0719 e. The summed E-state index contributed by atoms with van der Waals surface area (Å²) in [5.74, 6) is 0. The molecule has 3 N–H and O–H groups in total. The van der Waals surface area contributed by atoms with Gasteiger partial charge in [-0.15, -0.1) is 0 Å². The Bertz CT molecular complexity index is 650. The van der Waals surface area contributed by atoms with E-state index in [0.29, 0.717) is 5.71 Å². The number of rotatable bonds is 8. The first-order valence-corrected chi connectivity index (χ1v) is 8.56. The van der Waals surface area contributed by atoms with E-state index in [4.69, 9.17) is 16.1 Å². The van der Waals surface area contributed by atoms with E-state index in [9.17, 15) is 0 Å². The Morgan fingerprint density at radius 1 is 1.38 bits per heavy atom. The fourth-order valence-corrected chi connectivity index (χ4v) is 2.34. The van der Waals surface area contributed by atoms with Crippen molar-refractivity contribution in [1.29, 1.82) is 5.41 Å². The Labute approximate surface area is 146 Å². The molecule has 24 heavy (non-hydrogen) atoms. The summed E-state index contributed by atoms with van der Waals surface area (Å²) in [6, 6.07) is 2.21. The standard InChI is InChI=1S/C20H30N4/c1-6-8-9-16(7-2)23-12-17(14(3)4)20-10-15(5)18(13-24-20)19(22)11-21/h8-10,12-13,16,22H,6-7,11,21H2,1-5H3/b9-8-,22-19?,23-12?. The molecule has 0 aromatic carbocycles. The number of aromatic nitrogens is 1. The van der Waals surface area contributed by atoms with Crippen LogP contribution in [0.5, 0.6) is 0 Å². The summed E-state index contributed by atoms with van der Waals surface area (Å²) in [5, 5.41) is 7.90. The second kappa shape index (κ2) is 9.93. The van der Waals surface area contributed by atoms with E-state index >= 15 is 0 Å². The topological polar surface area (TPSA) is 75.1 Å². The Hall–Kier alpha value is -2.07. The van der Waals surface area contributed by atoms with Crippen LogP contribution in [0.1, 0.15) is 57.4 Å². The molecular formula is C20H30N4. The second-order valence-corrected chi connectivity index (χ2v) is 6.07. The average molecular weight is 326 g/mol. The van der Waals surface area contributed by atoms with Gasteiger partial charge in [0.05, 0.1) is 17.4 Å². The third kappa shape index (κ3) is 5.53. The highest BCUT2D eigenvalue weighted by atomic mass is 14.8. The van der Waals surface area contributed by atoms with E-state index in [0.717, 1.165) is 35.2 Å². The van der Waals surface area contributed by atoms with Crippen molar-refractivity contribution < 1.29 is 0 Å². The predicted molar refractivity (Wildman–Crippen MR) is 105 cm³/mol. The van der Waals surface area contributed by atoms with Crippen molar-refractivity contribution in [3.05, 3.63) is 46.8 Å². The van der Waals surface area contributed by atoms with Crippen LogP contribution in [-0.2, 0) is 0 Å². The normalized spacial score (nSPS) is 12.8. The minimum Gasteiger partial charge on any atom is -0.325 e. The molecule has 0 saturated heterocycles. The Morgan fingerprint density at radius 3 is 2.58 bits per heavy atom. The molecule has 0 radical (unpaired) electrons. The summed E-state index contributed by atoms with van der Waals surface area (Å²) in [4.78, 5) is 9.24. The molecule has 1 heterocycles. The van der Waals surface area contributed by atoms with Gasteiger partial charge in [0.15, 0.2) is 0 Å². The van der Waals surface area contributed by atoms with Crippen LogP contribution in [0.2, 0.25) is 0 Å². The maximum atomic E-state index is 7.90. The van der Waals surface area contributed by atoms with Crippen LogP contribution in [-0.4, -0.2) is 29.5 Å². The summed E-state index contributed by atoms with van der Waals surface area (Å²) in [6.07, 6.45) is 9.98. The predicted octanol–water partition coefficient (Wildman–Crippen LogP) is 4.33. The van der Waals surface area contributed by atoms with Gasteiger partial charge in [-0.1, -0.05) is 31.6 Å². The quantitative estimate of drug-likeness (QED) is 0.551. The van der Waals surface area contributed by atoms with Crippen molar-refractivity contribution >= 4 is 17.5 Å². The van der Waals surface area contributed by atoms with E-state index in [1.807, 2.05) is 19.2 Å². The third-order valence-electron chi connectivity index (χ3n) is 3.86. The van der Waals surface area contributed by atoms with E-state index in [1.165, 1.54) is 5.57 Å². The van der Waals surface area contributed by atoms with Gasteiger partial charge in [-0.2, -0.15) is 0 Å². The number of allylic oxidation sites excluding steroid dienone is 3. The molecule has 0 spiro atoms. The molecule has 0 aliphatic heterocycles. The summed E-state index contributed by atoms with van der Waals surface area (Å²) < 4.78 is 0. The first-order chi connectivity index (χ1) is 11.4. The fourth-order valence-electron chi connectivity index (χ4n) is 2.34. The van der Waals surface area contributed by atoms with Gasteiger partial charge < -0.3 is 11.1 Å². The summed E-state index contributed by atoms with van der Waals surface area (Å²) in [6.45, 7) is 10.6. The number of nitrogens with one attached hydrogen (secondary N) is 1. The van der Waals surface area contributed by atoms with Crippen molar-refractivity contribution in [2.75, 3.05) is 6.54 Å². The van der Waals surface area contributed by atoms with Crippen LogP contribution < -0.4 is 5.73 Å². The lowest BCUT2D eigenvalue weighted by molar-refractivity contribution is 0.785. The monoisotopic (exact) mass is 326 g/mol. The summed E-state index contributed by atoms with van der Waals surface area (Å²) in [5.41, 5.74) is 10.9. The van der Waals surface area contributed by atoms with E-state index in [2.05, 4.69) is 44.8 Å². The van der Waals surface area contributed by atoms with Gasteiger partial charge in [0.2, 0.25) is 0 Å². The molecule has 0 bridgehead atoms. The lowest BCUT2D eigenvalue weighted by atomic mass is 10.0. The van der Waals surface area contributed by atoms with Crippen molar-refractivity contribution in [3.8, 4) is 0 Å².